The van der Waals surface area contributed by atoms with Gasteiger partial charge in [0.25, 0.3) is 0 Å². The maximum absolute atomic E-state index is 5.71. The summed E-state index contributed by atoms with van der Waals surface area (Å²) >= 11 is 0. The molecular formula is C13H20N2O. The number of nitrogens with one attached hydrogen (secondary N) is 1. The minimum atomic E-state index is 0.816. The topological polar surface area (TPSA) is 34.1 Å². The van der Waals surface area contributed by atoms with Crippen molar-refractivity contribution in [2.45, 2.75) is 32.7 Å². The van der Waals surface area contributed by atoms with Gasteiger partial charge < -0.3 is 10.1 Å². The van der Waals surface area contributed by atoms with Gasteiger partial charge in [-0.3, -0.25) is 4.98 Å². The van der Waals surface area contributed by atoms with Crippen LogP contribution in [0.2, 0.25) is 0 Å². The normalized spacial score (nSPS) is 15.1. The minimum absolute atomic E-state index is 0.816. The van der Waals surface area contributed by atoms with Crippen molar-refractivity contribution in [1.82, 2.24) is 10.3 Å². The van der Waals surface area contributed by atoms with Crippen LogP contribution in [0.3, 0.4) is 0 Å². The lowest BCUT2D eigenvalue weighted by Gasteiger charge is -2.07. The first-order valence-electron chi connectivity index (χ1n) is 6.17. The van der Waals surface area contributed by atoms with Gasteiger partial charge in [0, 0.05) is 18.8 Å². The standard InChI is InChI=1S/C13H20N2O/c1-2-14-10-12-9-13(5-7-15-12)16-8-6-11-3-4-11/h5,7,9,11,14H,2-4,6,8,10H2,1H3. The van der Waals surface area contributed by atoms with E-state index in [1.165, 1.54) is 19.3 Å². The molecule has 1 aromatic rings. The maximum atomic E-state index is 5.71. The van der Waals surface area contributed by atoms with Gasteiger partial charge in [-0.25, -0.2) is 0 Å². The molecule has 0 amide bonds. The van der Waals surface area contributed by atoms with E-state index in [4.69, 9.17) is 4.74 Å². The van der Waals surface area contributed by atoms with Gasteiger partial charge in [-0.2, -0.15) is 0 Å². The molecule has 88 valence electrons. The monoisotopic (exact) mass is 220 g/mol. The fourth-order valence-corrected chi connectivity index (χ4v) is 1.65. The first-order chi connectivity index (χ1) is 7.88. The highest BCUT2D eigenvalue weighted by molar-refractivity contribution is 5.22. The van der Waals surface area contributed by atoms with E-state index in [-0.39, 0.29) is 0 Å². The second-order valence-electron chi connectivity index (χ2n) is 4.34. The molecule has 0 aliphatic heterocycles. The Morgan fingerprint density at radius 3 is 3.12 bits per heavy atom. The summed E-state index contributed by atoms with van der Waals surface area (Å²) in [4.78, 5) is 4.29. The Bertz CT molecular complexity index is 323. The van der Waals surface area contributed by atoms with Gasteiger partial charge in [0.15, 0.2) is 0 Å². The molecule has 0 saturated heterocycles. The van der Waals surface area contributed by atoms with Crippen LogP contribution in [0.15, 0.2) is 18.3 Å². The van der Waals surface area contributed by atoms with Crippen LogP contribution in [-0.2, 0) is 6.54 Å². The number of ether oxygens (including phenoxy) is 1. The summed E-state index contributed by atoms with van der Waals surface area (Å²) < 4.78 is 5.71. The van der Waals surface area contributed by atoms with Crippen LogP contribution in [0.1, 0.15) is 31.9 Å². The van der Waals surface area contributed by atoms with Gasteiger partial charge in [0.2, 0.25) is 0 Å². The molecule has 0 radical (unpaired) electrons. The van der Waals surface area contributed by atoms with Crippen molar-refractivity contribution < 1.29 is 4.74 Å². The molecule has 2 rings (SSSR count). The van der Waals surface area contributed by atoms with Gasteiger partial charge in [-0.05, 0) is 24.9 Å². The Labute approximate surface area is 97.2 Å². The van der Waals surface area contributed by atoms with E-state index in [0.29, 0.717) is 0 Å². The summed E-state index contributed by atoms with van der Waals surface area (Å²) in [6, 6.07) is 3.96. The molecule has 1 aromatic heterocycles. The van der Waals surface area contributed by atoms with Crippen molar-refractivity contribution in [3.63, 3.8) is 0 Å². The van der Waals surface area contributed by atoms with Crippen molar-refractivity contribution in [2.24, 2.45) is 5.92 Å². The number of hydrogen-bond acceptors (Lipinski definition) is 3. The highest BCUT2D eigenvalue weighted by Gasteiger charge is 2.20. The second-order valence-corrected chi connectivity index (χ2v) is 4.34. The van der Waals surface area contributed by atoms with Gasteiger partial charge >= 0.3 is 0 Å². The molecule has 1 saturated carbocycles. The van der Waals surface area contributed by atoms with Gasteiger partial charge in [0.1, 0.15) is 5.75 Å². The molecule has 3 heteroatoms. The summed E-state index contributed by atoms with van der Waals surface area (Å²) in [7, 11) is 0. The van der Waals surface area contributed by atoms with Crippen molar-refractivity contribution in [3.05, 3.63) is 24.0 Å². The second kappa shape index (κ2) is 5.85. The molecule has 0 aromatic carbocycles. The molecule has 1 aliphatic rings. The Balaban J connectivity index is 1.77. The van der Waals surface area contributed by atoms with Crippen LogP contribution in [0.25, 0.3) is 0 Å². The Morgan fingerprint density at radius 1 is 1.50 bits per heavy atom. The third kappa shape index (κ3) is 3.81. The fourth-order valence-electron chi connectivity index (χ4n) is 1.65. The molecule has 1 heterocycles. The quantitative estimate of drug-likeness (QED) is 0.766. The van der Waals surface area contributed by atoms with Crippen molar-refractivity contribution in [2.75, 3.05) is 13.2 Å². The lowest BCUT2D eigenvalue weighted by Crippen LogP contribution is -2.12. The molecule has 3 nitrogen and oxygen atoms in total. The number of aromatic nitrogens is 1. The van der Waals surface area contributed by atoms with Gasteiger partial charge in [0.05, 0.1) is 12.3 Å². The predicted octanol–water partition coefficient (Wildman–Crippen LogP) is 2.37. The molecule has 1 fully saturated rings. The maximum Gasteiger partial charge on any atom is 0.122 e. The van der Waals surface area contributed by atoms with Crippen LogP contribution in [0.5, 0.6) is 5.75 Å². The SMILES string of the molecule is CCNCc1cc(OCCC2CC2)ccn1. The van der Waals surface area contributed by atoms with Crippen LogP contribution in [0, 0.1) is 5.92 Å². The van der Waals surface area contributed by atoms with Crippen LogP contribution >= 0.6 is 0 Å². The average molecular weight is 220 g/mol. The molecule has 0 unspecified atom stereocenters. The predicted molar refractivity (Wildman–Crippen MR) is 64.5 cm³/mol. The molecule has 16 heavy (non-hydrogen) atoms. The van der Waals surface area contributed by atoms with E-state index in [2.05, 4.69) is 17.2 Å². The van der Waals surface area contributed by atoms with E-state index in [9.17, 15) is 0 Å². The summed E-state index contributed by atoms with van der Waals surface area (Å²) in [6.45, 7) is 4.72. The Kier molecular flexibility index (Phi) is 4.17. The number of rotatable bonds is 7. The molecule has 1 aliphatic carbocycles. The molecule has 1 N–H and O–H groups in total. The third-order valence-corrected chi connectivity index (χ3v) is 2.84. The van der Waals surface area contributed by atoms with E-state index >= 15 is 0 Å². The third-order valence-electron chi connectivity index (χ3n) is 2.84. The highest BCUT2D eigenvalue weighted by Crippen LogP contribution is 2.32. The highest BCUT2D eigenvalue weighted by atomic mass is 16.5. The first kappa shape index (κ1) is 11.4. The summed E-state index contributed by atoms with van der Waals surface area (Å²) in [5.74, 6) is 1.88. The van der Waals surface area contributed by atoms with Gasteiger partial charge in [-0.1, -0.05) is 19.8 Å². The number of hydrogen-bond donors (Lipinski definition) is 1. The van der Waals surface area contributed by atoms with E-state index in [1.807, 2.05) is 18.3 Å². The fraction of sp³-hybridized carbons (Fsp3) is 0.615. The smallest absolute Gasteiger partial charge is 0.122 e. The van der Waals surface area contributed by atoms with E-state index in [1.54, 1.807) is 0 Å². The zero-order valence-electron chi connectivity index (χ0n) is 9.91. The van der Waals surface area contributed by atoms with Crippen LogP contribution in [-0.4, -0.2) is 18.1 Å². The number of pyridine rings is 1. The lowest BCUT2D eigenvalue weighted by atomic mass is 10.3. The van der Waals surface area contributed by atoms with Crippen LogP contribution in [0.4, 0.5) is 0 Å². The van der Waals surface area contributed by atoms with E-state index in [0.717, 1.165) is 37.1 Å². The Morgan fingerprint density at radius 2 is 2.38 bits per heavy atom. The number of nitrogens with zero attached hydrogens (tertiary/aromatic N) is 1. The van der Waals surface area contributed by atoms with Crippen molar-refractivity contribution in [3.8, 4) is 5.75 Å². The van der Waals surface area contributed by atoms with Crippen molar-refractivity contribution >= 4 is 0 Å². The average Bonchev–Trinajstić information content (AvgIpc) is 3.11. The van der Waals surface area contributed by atoms with E-state index < -0.39 is 0 Å². The van der Waals surface area contributed by atoms with Crippen molar-refractivity contribution in [1.29, 1.82) is 0 Å². The molecule has 0 atom stereocenters. The zero-order chi connectivity index (χ0) is 11.2. The molecule has 0 bridgehead atoms. The largest absolute Gasteiger partial charge is 0.493 e. The zero-order valence-corrected chi connectivity index (χ0v) is 9.91. The molecule has 0 spiro atoms. The first-order valence-corrected chi connectivity index (χ1v) is 6.17. The summed E-state index contributed by atoms with van der Waals surface area (Å²) in [5.41, 5.74) is 1.05. The van der Waals surface area contributed by atoms with Gasteiger partial charge in [-0.15, -0.1) is 0 Å². The summed E-state index contributed by atoms with van der Waals surface area (Å²) in [6.07, 6.45) is 5.81. The van der Waals surface area contributed by atoms with Crippen LogP contribution < -0.4 is 10.1 Å². The lowest BCUT2D eigenvalue weighted by molar-refractivity contribution is 0.301. The Hall–Kier alpha value is -1.09. The minimum Gasteiger partial charge on any atom is -0.493 e. The summed E-state index contributed by atoms with van der Waals surface area (Å²) in [5, 5.41) is 3.26. The molecular weight excluding hydrogens is 200 g/mol.